The fourth-order valence-corrected chi connectivity index (χ4v) is 4.93. The van der Waals surface area contributed by atoms with Gasteiger partial charge in [0, 0.05) is 36.0 Å². The van der Waals surface area contributed by atoms with Gasteiger partial charge in [-0.2, -0.15) is 0 Å². The highest BCUT2D eigenvalue weighted by atomic mass is 16.1. The van der Waals surface area contributed by atoms with Crippen LogP contribution < -0.4 is 11.1 Å². The summed E-state index contributed by atoms with van der Waals surface area (Å²) in [7, 11) is 0. The van der Waals surface area contributed by atoms with Gasteiger partial charge in [-0.05, 0) is 42.0 Å². The summed E-state index contributed by atoms with van der Waals surface area (Å²) in [6, 6.07) is 17.7. The molecule has 0 spiro atoms. The van der Waals surface area contributed by atoms with Crippen LogP contribution in [0.15, 0.2) is 82.4 Å². The predicted octanol–water partition coefficient (Wildman–Crippen LogP) is 5.76. The van der Waals surface area contributed by atoms with Crippen LogP contribution in [0.3, 0.4) is 0 Å². The first-order valence-corrected chi connectivity index (χ1v) is 11.3. The number of nitrogens with zero attached hydrogens (tertiary/aromatic N) is 2. The number of aryl methyl sites for hydroxylation is 2. The first-order valence-electron chi connectivity index (χ1n) is 11.3. The maximum atomic E-state index is 13.3. The van der Waals surface area contributed by atoms with Crippen LogP contribution in [0.25, 0.3) is 38.5 Å². The van der Waals surface area contributed by atoms with Gasteiger partial charge in [0.2, 0.25) is 0 Å². The van der Waals surface area contributed by atoms with Crippen LogP contribution in [0.4, 0.5) is 0 Å². The van der Waals surface area contributed by atoms with Gasteiger partial charge in [-0.3, -0.25) is 9.59 Å². The van der Waals surface area contributed by atoms with Crippen molar-refractivity contribution in [3.63, 3.8) is 0 Å². The first kappa shape index (κ1) is 20.3. The molecule has 5 rings (SSSR count). The Labute approximate surface area is 186 Å². The molecule has 2 aromatic heterocycles. The summed E-state index contributed by atoms with van der Waals surface area (Å²) in [5.74, 6) is 0. The fraction of sp³-hybridized carbons (Fsp3) is 0.214. The SMILES string of the molecule is CC=CC(=CCC)c1cc(=O)n2c3c1ccc1c(-c4ccccc4)cc(=O)n(c13)CCC2. The van der Waals surface area contributed by atoms with Gasteiger partial charge in [-0.1, -0.05) is 67.6 Å². The number of hydrogen-bond acceptors (Lipinski definition) is 2. The van der Waals surface area contributed by atoms with Crippen LogP contribution >= 0.6 is 0 Å². The number of pyridine rings is 2. The Morgan fingerprint density at radius 3 is 2.25 bits per heavy atom. The van der Waals surface area contributed by atoms with Gasteiger partial charge in [-0.15, -0.1) is 0 Å². The molecule has 0 bridgehead atoms. The molecule has 0 amide bonds. The molecule has 4 heteroatoms. The summed E-state index contributed by atoms with van der Waals surface area (Å²) >= 11 is 0. The average molecular weight is 423 g/mol. The molecule has 0 unspecified atom stereocenters. The average Bonchev–Trinajstić information content (AvgIpc) is 3.02. The Balaban J connectivity index is 2.00. The van der Waals surface area contributed by atoms with Crippen LogP contribution in [0.2, 0.25) is 0 Å². The minimum atomic E-state index is -0.0204. The first-order chi connectivity index (χ1) is 15.6. The minimum Gasteiger partial charge on any atom is -0.306 e. The number of allylic oxidation sites excluding steroid dienone is 4. The van der Waals surface area contributed by atoms with Gasteiger partial charge in [0.05, 0.1) is 11.0 Å². The summed E-state index contributed by atoms with van der Waals surface area (Å²) < 4.78 is 3.72. The minimum absolute atomic E-state index is 0.0162. The maximum Gasteiger partial charge on any atom is 0.251 e. The van der Waals surface area contributed by atoms with Gasteiger partial charge in [0.15, 0.2) is 0 Å². The molecule has 160 valence electrons. The van der Waals surface area contributed by atoms with E-state index in [0.717, 1.165) is 56.9 Å². The molecule has 0 saturated heterocycles. The quantitative estimate of drug-likeness (QED) is 0.310. The maximum absolute atomic E-state index is 13.3. The van der Waals surface area contributed by atoms with Crippen molar-refractivity contribution in [3.05, 3.63) is 99.1 Å². The lowest BCUT2D eigenvalue weighted by Crippen LogP contribution is -2.21. The van der Waals surface area contributed by atoms with Crippen LogP contribution in [0, 0.1) is 0 Å². The van der Waals surface area contributed by atoms with Crippen molar-refractivity contribution >= 4 is 27.4 Å². The van der Waals surface area contributed by atoms with E-state index in [0.29, 0.717) is 13.1 Å². The third kappa shape index (κ3) is 3.14. The second-order valence-corrected chi connectivity index (χ2v) is 8.24. The molecule has 0 fully saturated rings. The lowest BCUT2D eigenvalue weighted by atomic mass is 9.95. The third-order valence-corrected chi connectivity index (χ3v) is 6.27. The van der Waals surface area contributed by atoms with E-state index in [1.165, 1.54) is 0 Å². The summed E-state index contributed by atoms with van der Waals surface area (Å²) in [6.07, 6.45) is 7.83. The molecule has 4 aromatic rings. The third-order valence-electron chi connectivity index (χ3n) is 6.27. The van der Waals surface area contributed by atoms with E-state index in [9.17, 15) is 9.59 Å². The monoisotopic (exact) mass is 422 g/mol. The highest BCUT2D eigenvalue weighted by Crippen LogP contribution is 2.35. The van der Waals surface area contributed by atoms with Gasteiger partial charge in [-0.25, -0.2) is 0 Å². The zero-order chi connectivity index (χ0) is 22.2. The van der Waals surface area contributed by atoms with Crippen molar-refractivity contribution in [3.8, 4) is 11.1 Å². The second-order valence-electron chi connectivity index (χ2n) is 8.24. The van der Waals surface area contributed by atoms with E-state index in [-0.39, 0.29) is 11.1 Å². The molecule has 0 saturated carbocycles. The van der Waals surface area contributed by atoms with Crippen molar-refractivity contribution in [2.75, 3.05) is 0 Å². The molecule has 0 radical (unpaired) electrons. The normalized spacial score (nSPS) is 14.0. The van der Waals surface area contributed by atoms with Crippen molar-refractivity contribution in [2.24, 2.45) is 0 Å². The zero-order valence-electron chi connectivity index (χ0n) is 18.5. The molecule has 0 atom stereocenters. The molecule has 1 aliphatic rings. The molecule has 4 nitrogen and oxygen atoms in total. The zero-order valence-corrected chi connectivity index (χ0v) is 18.5. The highest BCUT2D eigenvalue weighted by Gasteiger charge is 2.21. The topological polar surface area (TPSA) is 44.0 Å². The molecule has 1 aliphatic heterocycles. The Bertz CT molecular complexity index is 1520. The van der Waals surface area contributed by atoms with Gasteiger partial charge < -0.3 is 9.13 Å². The largest absolute Gasteiger partial charge is 0.306 e. The van der Waals surface area contributed by atoms with Gasteiger partial charge in [0.25, 0.3) is 11.1 Å². The summed E-state index contributed by atoms with van der Waals surface area (Å²) in [5.41, 5.74) is 5.57. The lowest BCUT2D eigenvalue weighted by molar-refractivity contribution is 0.580. The number of hydrogen-bond donors (Lipinski definition) is 0. The fourth-order valence-electron chi connectivity index (χ4n) is 4.93. The van der Waals surface area contributed by atoms with Crippen molar-refractivity contribution in [1.29, 1.82) is 0 Å². The van der Waals surface area contributed by atoms with E-state index < -0.39 is 0 Å². The van der Waals surface area contributed by atoms with Crippen LogP contribution in [-0.4, -0.2) is 9.13 Å². The van der Waals surface area contributed by atoms with Gasteiger partial charge >= 0.3 is 0 Å². The second kappa shape index (κ2) is 8.12. The number of rotatable bonds is 4. The van der Waals surface area contributed by atoms with Crippen LogP contribution in [0.5, 0.6) is 0 Å². The molecule has 0 aliphatic carbocycles. The molecular formula is C28H26N2O2. The molecule has 0 N–H and O–H groups in total. The summed E-state index contributed by atoms with van der Waals surface area (Å²) in [6.45, 7) is 5.29. The highest BCUT2D eigenvalue weighted by molar-refractivity contribution is 6.11. The molecule has 32 heavy (non-hydrogen) atoms. The van der Waals surface area contributed by atoms with Crippen LogP contribution in [-0.2, 0) is 13.1 Å². The molecule has 3 heterocycles. The summed E-state index contributed by atoms with van der Waals surface area (Å²) in [5, 5.41) is 2.01. The van der Waals surface area contributed by atoms with E-state index in [4.69, 9.17) is 0 Å². The van der Waals surface area contributed by atoms with E-state index in [1.54, 1.807) is 12.1 Å². The predicted molar refractivity (Wildman–Crippen MR) is 133 cm³/mol. The van der Waals surface area contributed by atoms with Crippen molar-refractivity contribution in [2.45, 2.75) is 39.8 Å². The molecule has 2 aromatic carbocycles. The van der Waals surface area contributed by atoms with Crippen molar-refractivity contribution in [1.82, 2.24) is 9.13 Å². The van der Waals surface area contributed by atoms with E-state index >= 15 is 0 Å². The Morgan fingerprint density at radius 2 is 1.56 bits per heavy atom. The van der Waals surface area contributed by atoms with Crippen LogP contribution in [0.1, 0.15) is 32.3 Å². The standard InChI is InChI=1S/C28H26N2O2/c1-3-9-19(10-4-2)23-17-25(31)29-15-8-16-30-26(32)18-24(20-11-6-5-7-12-20)22-14-13-21(23)27(29)28(22)30/h3,5-7,9-14,17-18H,4,8,15-16H2,1-2H3. The molecular weight excluding hydrogens is 396 g/mol. The van der Waals surface area contributed by atoms with E-state index in [2.05, 4.69) is 31.2 Å². The van der Waals surface area contributed by atoms with Gasteiger partial charge in [0.1, 0.15) is 0 Å². The van der Waals surface area contributed by atoms with Crippen molar-refractivity contribution < 1.29 is 0 Å². The smallest absolute Gasteiger partial charge is 0.251 e. The Hall–Kier alpha value is -3.66. The number of aromatic nitrogens is 2. The lowest BCUT2D eigenvalue weighted by Gasteiger charge is -2.17. The Morgan fingerprint density at radius 1 is 0.906 bits per heavy atom. The summed E-state index contributed by atoms with van der Waals surface area (Å²) in [4.78, 5) is 26.5. The van der Waals surface area contributed by atoms with E-state index in [1.807, 2.05) is 52.5 Å². The Kier molecular flexibility index (Phi) is 5.14. The number of benzene rings is 2.